The fourth-order valence-corrected chi connectivity index (χ4v) is 1.06. The van der Waals surface area contributed by atoms with Crippen LogP contribution in [0.25, 0.3) is 0 Å². The monoisotopic (exact) mass is 236 g/mol. The number of rotatable bonds is 3. The number of aromatic nitrogens is 1. The highest BCUT2D eigenvalue weighted by Crippen LogP contribution is 2.28. The summed E-state index contributed by atoms with van der Waals surface area (Å²) in [6, 6.07) is 0.121. The van der Waals surface area contributed by atoms with Gasteiger partial charge in [-0.1, -0.05) is 0 Å². The first kappa shape index (κ1) is 12.4. The van der Waals surface area contributed by atoms with Crippen molar-refractivity contribution in [3.63, 3.8) is 0 Å². The molecule has 0 aliphatic heterocycles. The summed E-state index contributed by atoms with van der Waals surface area (Å²) in [7, 11) is 0. The summed E-state index contributed by atoms with van der Waals surface area (Å²) in [6.45, 7) is -0.792. The average Bonchev–Trinajstić information content (AvgIpc) is 2.17. The number of nitrogens with zero attached hydrogens (tertiary/aromatic N) is 2. The maximum atomic E-state index is 12.1. The minimum Gasteiger partial charge on any atom is -0.389 e. The second-order valence-corrected chi connectivity index (χ2v) is 2.96. The molecule has 0 saturated heterocycles. The number of nitro groups is 1. The summed E-state index contributed by atoms with van der Waals surface area (Å²) in [4.78, 5) is 12.7. The van der Waals surface area contributed by atoms with Crippen LogP contribution < -0.4 is 0 Å². The van der Waals surface area contributed by atoms with Crippen LogP contribution in [-0.2, 0) is 6.18 Å². The van der Waals surface area contributed by atoms with E-state index in [1.165, 1.54) is 0 Å². The second kappa shape index (κ2) is 4.44. The van der Waals surface area contributed by atoms with Crippen molar-refractivity contribution in [2.45, 2.75) is 12.2 Å². The van der Waals surface area contributed by atoms with Crippen LogP contribution >= 0.6 is 0 Å². The third kappa shape index (κ3) is 2.66. The van der Waals surface area contributed by atoms with E-state index in [9.17, 15) is 23.3 Å². The zero-order valence-electron chi connectivity index (χ0n) is 7.81. The zero-order chi connectivity index (χ0) is 12.3. The molecule has 0 spiro atoms. The lowest BCUT2D eigenvalue weighted by molar-refractivity contribution is -0.532. The molecule has 0 aliphatic carbocycles. The number of aliphatic hydroxyl groups excluding tert-OH is 1. The Hall–Kier alpha value is -1.70. The highest BCUT2D eigenvalue weighted by atomic mass is 19.4. The van der Waals surface area contributed by atoms with Gasteiger partial charge < -0.3 is 5.11 Å². The van der Waals surface area contributed by atoms with Crippen molar-refractivity contribution >= 4 is 0 Å². The van der Waals surface area contributed by atoms with Crippen LogP contribution in [0.15, 0.2) is 18.3 Å². The molecule has 8 heteroatoms. The Bertz CT molecular complexity index is 377. The van der Waals surface area contributed by atoms with Crippen molar-refractivity contribution in [3.8, 4) is 0 Å². The van der Waals surface area contributed by atoms with Gasteiger partial charge in [0.15, 0.2) is 0 Å². The van der Waals surface area contributed by atoms with E-state index in [1.807, 2.05) is 0 Å². The molecule has 0 amide bonds. The minimum absolute atomic E-state index is 0.0690. The second-order valence-electron chi connectivity index (χ2n) is 2.96. The first-order valence-corrected chi connectivity index (χ1v) is 4.13. The molecule has 0 radical (unpaired) electrons. The number of hydrogen-bond donors (Lipinski definition) is 1. The molecule has 0 aromatic carbocycles. The maximum Gasteiger partial charge on any atom is 0.433 e. The standard InChI is InChI=1S/C8H7F3N2O3/c9-8(10,11)7-2-1-5(3-12-7)6(4-14)13(15)16/h1-3,6,14H,4H2. The summed E-state index contributed by atoms with van der Waals surface area (Å²) in [6.07, 6.45) is -3.84. The van der Waals surface area contributed by atoms with Gasteiger partial charge in [-0.2, -0.15) is 13.2 Å². The SMILES string of the molecule is O=[N+]([O-])C(CO)c1ccc(C(F)(F)F)nc1. The van der Waals surface area contributed by atoms with E-state index < -0.39 is 29.4 Å². The fourth-order valence-electron chi connectivity index (χ4n) is 1.06. The largest absolute Gasteiger partial charge is 0.433 e. The van der Waals surface area contributed by atoms with Crippen molar-refractivity contribution in [1.82, 2.24) is 4.98 Å². The lowest BCUT2D eigenvalue weighted by Gasteiger charge is -2.08. The molecule has 1 aromatic rings. The van der Waals surface area contributed by atoms with Crippen molar-refractivity contribution in [1.29, 1.82) is 0 Å². The van der Waals surface area contributed by atoms with Gasteiger partial charge in [0.1, 0.15) is 12.3 Å². The van der Waals surface area contributed by atoms with Crippen LogP contribution in [-0.4, -0.2) is 21.6 Å². The highest BCUT2D eigenvalue weighted by molar-refractivity contribution is 5.18. The van der Waals surface area contributed by atoms with Crippen molar-refractivity contribution in [2.24, 2.45) is 0 Å². The number of aliphatic hydroxyl groups is 1. The van der Waals surface area contributed by atoms with E-state index in [-0.39, 0.29) is 5.56 Å². The van der Waals surface area contributed by atoms with Gasteiger partial charge >= 0.3 is 6.18 Å². The summed E-state index contributed by atoms with van der Waals surface area (Å²) in [5.74, 6) is 0. The minimum atomic E-state index is -4.58. The van der Waals surface area contributed by atoms with E-state index in [0.29, 0.717) is 6.07 Å². The van der Waals surface area contributed by atoms with Crippen LogP contribution in [0, 0.1) is 10.1 Å². The quantitative estimate of drug-likeness (QED) is 0.635. The molecular formula is C8H7F3N2O3. The fraction of sp³-hybridized carbons (Fsp3) is 0.375. The van der Waals surface area contributed by atoms with Gasteiger partial charge in [0.2, 0.25) is 0 Å². The first-order valence-electron chi connectivity index (χ1n) is 4.13. The molecule has 1 rings (SSSR count). The van der Waals surface area contributed by atoms with E-state index in [4.69, 9.17) is 5.11 Å². The third-order valence-electron chi connectivity index (χ3n) is 1.89. The molecule has 1 heterocycles. The van der Waals surface area contributed by atoms with Gasteiger partial charge in [0.05, 0.1) is 0 Å². The molecule has 88 valence electrons. The third-order valence-corrected chi connectivity index (χ3v) is 1.89. The van der Waals surface area contributed by atoms with Crippen molar-refractivity contribution in [2.75, 3.05) is 6.61 Å². The first-order chi connectivity index (χ1) is 7.36. The van der Waals surface area contributed by atoms with Crippen LogP contribution in [0.5, 0.6) is 0 Å². The Morgan fingerprint density at radius 2 is 2.12 bits per heavy atom. The van der Waals surface area contributed by atoms with E-state index >= 15 is 0 Å². The predicted molar refractivity (Wildman–Crippen MR) is 46.1 cm³/mol. The van der Waals surface area contributed by atoms with Crippen LogP contribution in [0.1, 0.15) is 17.3 Å². The normalized spacial score (nSPS) is 13.5. The number of pyridine rings is 1. The molecule has 0 fully saturated rings. The topological polar surface area (TPSA) is 76.3 Å². The van der Waals surface area contributed by atoms with Gasteiger partial charge in [0.25, 0.3) is 6.04 Å². The van der Waals surface area contributed by atoms with Crippen LogP contribution in [0.3, 0.4) is 0 Å². The van der Waals surface area contributed by atoms with Crippen molar-refractivity contribution in [3.05, 3.63) is 39.7 Å². The number of halogens is 3. The van der Waals surface area contributed by atoms with Crippen molar-refractivity contribution < 1.29 is 23.2 Å². The van der Waals surface area contributed by atoms with Gasteiger partial charge in [-0.3, -0.25) is 15.1 Å². The van der Waals surface area contributed by atoms with Gasteiger partial charge in [-0.05, 0) is 12.1 Å². The Kier molecular flexibility index (Phi) is 3.43. The molecular weight excluding hydrogens is 229 g/mol. The smallest absolute Gasteiger partial charge is 0.389 e. The zero-order valence-corrected chi connectivity index (χ0v) is 7.81. The molecule has 16 heavy (non-hydrogen) atoms. The van der Waals surface area contributed by atoms with E-state index in [0.717, 1.165) is 12.3 Å². The molecule has 1 atom stereocenters. The lowest BCUT2D eigenvalue weighted by Crippen LogP contribution is -2.16. The summed E-state index contributed by atoms with van der Waals surface area (Å²) >= 11 is 0. The summed E-state index contributed by atoms with van der Waals surface area (Å²) in [5.41, 5.74) is -1.20. The Morgan fingerprint density at radius 1 is 1.50 bits per heavy atom. The van der Waals surface area contributed by atoms with Gasteiger partial charge in [0, 0.05) is 16.7 Å². The summed E-state index contributed by atoms with van der Waals surface area (Å²) in [5, 5.41) is 19.1. The van der Waals surface area contributed by atoms with Crippen LogP contribution in [0.2, 0.25) is 0 Å². The van der Waals surface area contributed by atoms with E-state index in [1.54, 1.807) is 0 Å². The van der Waals surface area contributed by atoms with Gasteiger partial charge in [-0.15, -0.1) is 0 Å². The molecule has 1 N–H and O–H groups in total. The highest BCUT2D eigenvalue weighted by Gasteiger charge is 2.33. The lowest BCUT2D eigenvalue weighted by atomic mass is 10.1. The predicted octanol–water partition coefficient (Wildman–Crippen LogP) is 1.41. The Balaban J connectivity index is 2.98. The van der Waals surface area contributed by atoms with E-state index in [2.05, 4.69) is 4.98 Å². The Morgan fingerprint density at radius 3 is 2.44 bits per heavy atom. The molecule has 0 aliphatic rings. The average molecular weight is 236 g/mol. The molecule has 1 aromatic heterocycles. The molecule has 0 bridgehead atoms. The summed E-state index contributed by atoms with van der Waals surface area (Å²) < 4.78 is 36.3. The number of hydrogen-bond acceptors (Lipinski definition) is 4. The Labute approximate surface area is 87.7 Å². The van der Waals surface area contributed by atoms with Crippen LogP contribution in [0.4, 0.5) is 13.2 Å². The molecule has 1 unspecified atom stereocenters. The molecule has 0 saturated carbocycles. The maximum absolute atomic E-state index is 12.1. The van der Waals surface area contributed by atoms with Gasteiger partial charge in [-0.25, -0.2) is 0 Å². The number of alkyl halides is 3. The molecule has 5 nitrogen and oxygen atoms in total.